The first kappa shape index (κ1) is 7.85. The van der Waals surface area contributed by atoms with Crippen LogP contribution in [0.25, 0.3) is 0 Å². The van der Waals surface area contributed by atoms with Crippen LogP contribution < -0.4 is 0 Å². The summed E-state index contributed by atoms with van der Waals surface area (Å²) in [6.07, 6.45) is 5.46. The van der Waals surface area contributed by atoms with E-state index in [2.05, 4.69) is 25.1 Å². The lowest BCUT2D eigenvalue weighted by Gasteiger charge is -2.41. The van der Waals surface area contributed by atoms with Crippen LogP contribution in [0.15, 0.2) is 24.3 Å². The largest absolute Gasteiger partial charge is 0.0645 e. The van der Waals surface area contributed by atoms with Crippen LogP contribution in [0.4, 0.5) is 0 Å². The quantitative estimate of drug-likeness (QED) is 0.621. The Bertz CT molecular complexity index is 238. The highest BCUT2D eigenvalue weighted by molar-refractivity contribution is 5.27. The number of benzene rings is 1. The fourth-order valence-electron chi connectivity index (χ4n) is 2.19. The van der Waals surface area contributed by atoms with Crippen molar-refractivity contribution in [2.75, 3.05) is 0 Å². The molecular formula is C12H15. The van der Waals surface area contributed by atoms with Crippen LogP contribution in [0, 0.1) is 6.07 Å². The van der Waals surface area contributed by atoms with Gasteiger partial charge in [-0.25, -0.2) is 0 Å². The SMILES string of the molecule is CCC1(c2cc[c]cc2)CCC1. The first-order valence-electron chi connectivity index (χ1n) is 4.84. The highest BCUT2D eigenvalue weighted by atomic mass is 14.4. The van der Waals surface area contributed by atoms with Gasteiger partial charge < -0.3 is 0 Å². The molecule has 2 rings (SSSR count). The maximum Gasteiger partial charge on any atom is -0.00496 e. The summed E-state index contributed by atoms with van der Waals surface area (Å²) in [7, 11) is 0. The second-order valence-electron chi connectivity index (χ2n) is 3.78. The topological polar surface area (TPSA) is 0 Å². The van der Waals surface area contributed by atoms with Crippen molar-refractivity contribution in [2.24, 2.45) is 0 Å². The lowest BCUT2D eigenvalue weighted by molar-refractivity contribution is 0.235. The maximum absolute atomic E-state index is 3.08. The van der Waals surface area contributed by atoms with Crippen molar-refractivity contribution < 1.29 is 0 Å². The fourth-order valence-corrected chi connectivity index (χ4v) is 2.19. The van der Waals surface area contributed by atoms with Crippen LogP contribution in [0.2, 0.25) is 0 Å². The van der Waals surface area contributed by atoms with Crippen molar-refractivity contribution in [1.29, 1.82) is 0 Å². The molecule has 0 spiro atoms. The molecule has 12 heavy (non-hydrogen) atoms. The van der Waals surface area contributed by atoms with Gasteiger partial charge in [-0.2, -0.15) is 0 Å². The van der Waals surface area contributed by atoms with E-state index in [9.17, 15) is 0 Å². The Morgan fingerprint density at radius 1 is 1.33 bits per heavy atom. The minimum Gasteiger partial charge on any atom is -0.0645 e. The smallest absolute Gasteiger partial charge is 0.00496 e. The summed E-state index contributed by atoms with van der Waals surface area (Å²) < 4.78 is 0. The van der Waals surface area contributed by atoms with Crippen LogP contribution in [0.5, 0.6) is 0 Å². The van der Waals surface area contributed by atoms with Gasteiger partial charge >= 0.3 is 0 Å². The molecule has 1 saturated carbocycles. The molecule has 1 fully saturated rings. The number of rotatable bonds is 2. The van der Waals surface area contributed by atoms with E-state index >= 15 is 0 Å². The van der Waals surface area contributed by atoms with Crippen molar-refractivity contribution >= 4 is 0 Å². The van der Waals surface area contributed by atoms with Crippen molar-refractivity contribution in [1.82, 2.24) is 0 Å². The van der Waals surface area contributed by atoms with E-state index < -0.39 is 0 Å². The van der Waals surface area contributed by atoms with Crippen LogP contribution in [-0.2, 0) is 5.41 Å². The van der Waals surface area contributed by atoms with E-state index in [4.69, 9.17) is 0 Å². The van der Waals surface area contributed by atoms with Crippen molar-refractivity contribution in [3.05, 3.63) is 35.9 Å². The second-order valence-corrected chi connectivity index (χ2v) is 3.78. The third-order valence-electron chi connectivity index (χ3n) is 3.32. The van der Waals surface area contributed by atoms with Gasteiger partial charge in [0, 0.05) is 0 Å². The summed E-state index contributed by atoms with van der Waals surface area (Å²) in [5.41, 5.74) is 2.06. The lowest BCUT2D eigenvalue weighted by atomic mass is 9.63. The summed E-state index contributed by atoms with van der Waals surface area (Å²) in [4.78, 5) is 0. The zero-order chi connectivity index (χ0) is 8.44. The Balaban J connectivity index is 2.28. The van der Waals surface area contributed by atoms with Gasteiger partial charge in [0.05, 0.1) is 0 Å². The highest BCUT2D eigenvalue weighted by Crippen LogP contribution is 2.45. The molecule has 0 amide bonds. The molecule has 0 bridgehead atoms. The summed E-state index contributed by atoms with van der Waals surface area (Å²) in [6.45, 7) is 2.30. The van der Waals surface area contributed by atoms with Crippen molar-refractivity contribution in [3.63, 3.8) is 0 Å². The van der Waals surface area contributed by atoms with Crippen molar-refractivity contribution in [2.45, 2.75) is 38.0 Å². The van der Waals surface area contributed by atoms with Gasteiger partial charge in [-0.1, -0.05) is 37.6 Å². The fraction of sp³-hybridized carbons (Fsp3) is 0.500. The van der Waals surface area contributed by atoms with E-state index in [0.717, 1.165) is 0 Å². The Morgan fingerprint density at radius 3 is 2.42 bits per heavy atom. The molecule has 0 N–H and O–H groups in total. The van der Waals surface area contributed by atoms with E-state index in [1.165, 1.54) is 31.2 Å². The van der Waals surface area contributed by atoms with E-state index in [0.29, 0.717) is 5.41 Å². The predicted octanol–water partition coefficient (Wildman–Crippen LogP) is 3.32. The van der Waals surface area contributed by atoms with E-state index in [-0.39, 0.29) is 0 Å². The van der Waals surface area contributed by atoms with Gasteiger partial charge in [-0.15, -0.1) is 0 Å². The normalized spacial score (nSPS) is 20.1. The molecule has 1 aromatic carbocycles. The molecule has 0 aromatic heterocycles. The third-order valence-corrected chi connectivity index (χ3v) is 3.32. The summed E-state index contributed by atoms with van der Waals surface area (Å²) in [6, 6.07) is 11.6. The Morgan fingerprint density at radius 2 is 2.00 bits per heavy atom. The predicted molar refractivity (Wildman–Crippen MR) is 51.1 cm³/mol. The Hall–Kier alpha value is -0.780. The number of hydrogen-bond acceptors (Lipinski definition) is 0. The van der Waals surface area contributed by atoms with Crippen molar-refractivity contribution in [3.8, 4) is 0 Å². The molecule has 0 unspecified atom stereocenters. The van der Waals surface area contributed by atoms with Crippen LogP contribution in [-0.4, -0.2) is 0 Å². The zero-order valence-electron chi connectivity index (χ0n) is 7.64. The standard InChI is InChI=1S/C12H15/c1-2-12(9-6-10-12)11-7-4-3-5-8-11/h4-5,7-8H,2,6,9-10H2,1H3. The molecule has 1 aliphatic rings. The molecule has 63 valence electrons. The average molecular weight is 159 g/mol. The van der Waals surface area contributed by atoms with Gasteiger partial charge in [0.2, 0.25) is 0 Å². The second kappa shape index (κ2) is 2.93. The number of hydrogen-bond donors (Lipinski definition) is 0. The van der Waals surface area contributed by atoms with Gasteiger partial charge in [0.1, 0.15) is 0 Å². The zero-order valence-corrected chi connectivity index (χ0v) is 7.64. The van der Waals surface area contributed by atoms with Crippen LogP contribution >= 0.6 is 0 Å². The van der Waals surface area contributed by atoms with Crippen LogP contribution in [0.3, 0.4) is 0 Å². The molecule has 0 heteroatoms. The first-order chi connectivity index (χ1) is 5.87. The molecule has 0 saturated heterocycles. The summed E-state index contributed by atoms with van der Waals surface area (Å²) >= 11 is 0. The van der Waals surface area contributed by atoms with Gasteiger partial charge in [-0.3, -0.25) is 0 Å². The molecule has 0 nitrogen and oxygen atoms in total. The van der Waals surface area contributed by atoms with Crippen LogP contribution in [0.1, 0.15) is 38.2 Å². The van der Waals surface area contributed by atoms with Gasteiger partial charge in [0.15, 0.2) is 0 Å². The lowest BCUT2D eigenvalue weighted by Crippen LogP contribution is -2.33. The molecule has 1 aliphatic carbocycles. The van der Waals surface area contributed by atoms with Gasteiger partial charge in [-0.05, 0) is 36.3 Å². The molecule has 0 aliphatic heterocycles. The minimum atomic E-state index is 0.537. The first-order valence-corrected chi connectivity index (χ1v) is 4.84. The monoisotopic (exact) mass is 159 g/mol. The highest BCUT2D eigenvalue weighted by Gasteiger charge is 2.36. The maximum atomic E-state index is 3.08. The molecule has 1 aromatic rings. The molecule has 1 radical (unpaired) electrons. The average Bonchev–Trinajstić information content (AvgIpc) is 2.05. The van der Waals surface area contributed by atoms with Gasteiger partial charge in [0.25, 0.3) is 0 Å². The third kappa shape index (κ3) is 1.06. The molecule has 0 atom stereocenters. The molecular weight excluding hydrogens is 144 g/mol. The summed E-state index contributed by atoms with van der Waals surface area (Å²) in [5, 5.41) is 0. The minimum absolute atomic E-state index is 0.537. The van der Waals surface area contributed by atoms with E-state index in [1.54, 1.807) is 0 Å². The van der Waals surface area contributed by atoms with E-state index in [1.807, 2.05) is 12.1 Å². The summed E-state index contributed by atoms with van der Waals surface area (Å²) in [5.74, 6) is 0. The Kier molecular flexibility index (Phi) is 1.92. The molecule has 0 heterocycles. The Labute approximate surface area is 74.6 Å².